The van der Waals surface area contributed by atoms with Crippen LogP contribution in [-0.4, -0.2) is 9.38 Å². The van der Waals surface area contributed by atoms with Crippen molar-refractivity contribution in [3.63, 3.8) is 0 Å². The lowest BCUT2D eigenvalue weighted by atomic mass is 10.4. The minimum Gasteiger partial charge on any atom is -0.325 e. The Morgan fingerprint density at radius 2 is 2.29 bits per heavy atom. The SMILES string of the molecule is NCc1cc(=O)n2c(Br)cccc2n1. The summed E-state index contributed by atoms with van der Waals surface area (Å²) in [5.74, 6) is 0. The Morgan fingerprint density at radius 3 is 3.00 bits per heavy atom. The molecule has 0 aliphatic rings. The van der Waals surface area contributed by atoms with Crippen molar-refractivity contribution < 1.29 is 0 Å². The van der Waals surface area contributed by atoms with E-state index in [-0.39, 0.29) is 12.1 Å². The lowest BCUT2D eigenvalue weighted by Crippen LogP contribution is -2.17. The molecule has 0 fully saturated rings. The number of rotatable bonds is 1. The molecule has 0 spiro atoms. The van der Waals surface area contributed by atoms with E-state index in [4.69, 9.17) is 5.73 Å². The molecular formula is C9H8BrN3O. The lowest BCUT2D eigenvalue weighted by Gasteiger charge is -2.03. The molecule has 2 heterocycles. The van der Waals surface area contributed by atoms with Crippen molar-refractivity contribution in [3.8, 4) is 0 Å². The van der Waals surface area contributed by atoms with Gasteiger partial charge >= 0.3 is 0 Å². The van der Waals surface area contributed by atoms with Gasteiger partial charge in [-0.15, -0.1) is 0 Å². The number of aromatic nitrogens is 2. The first-order valence-electron chi connectivity index (χ1n) is 4.09. The van der Waals surface area contributed by atoms with Gasteiger partial charge in [0.15, 0.2) is 0 Å². The maximum absolute atomic E-state index is 11.6. The molecule has 0 bridgehead atoms. The van der Waals surface area contributed by atoms with E-state index in [9.17, 15) is 4.79 Å². The van der Waals surface area contributed by atoms with Crippen LogP contribution in [0.25, 0.3) is 5.65 Å². The topological polar surface area (TPSA) is 60.4 Å². The zero-order chi connectivity index (χ0) is 10.1. The van der Waals surface area contributed by atoms with E-state index in [2.05, 4.69) is 20.9 Å². The van der Waals surface area contributed by atoms with Gasteiger partial charge in [-0.25, -0.2) is 4.98 Å². The monoisotopic (exact) mass is 253 g/mol. The minimum absolute atomic E-state index is 0.122. The van der Waals surface area contributed by atoms with Crippen LogP contribution >= 0.6 is 15.9 Å². The van der Waals surface area contributed by atoms with E-state index in [0.717, 1.165) is 0 Å². The van der Waals surface area contributed by atoms with E-state index >= 15 is 0 Å². The first kappa shape index (κ1) is 9.36. The van der Waals surface area contributed by atoms with Crippen LogP contribution in [0.1, 0.15) is 5.69 Å². The van der Waals surface area contributed by atoms with Crippen LogP contribution in [0.2, 0.25) is 0 Å². The Hall–Kier alpha value is -1.20. The Morgan fingerprint density at radius 1 is 1.50 bits per heavy atom. The molecule has 5 heteroatoms. The van der Waals surface area contributed by atoms with E-state index < -0.39 is 0 Å². The van der Waals surface area contributed by atoms with Gasteiger partial charge < -0.3 is 5.73 Å². The van der Waals surface area contributed by atoms with Gasteiger partial charge in [0.1, 0.15) is 5.65 Å². The van der Waals surface area contributed by atoms with Crippen LogP contribution in [-0.2, 0) is 6.54 Å². The fourth-order valence-corrected chi connectivity index (χ4v) is 1.78. The Bertz CT molecular complexity index is 535. The fraction of sp³-hybridized carbons (Fsp3) is 0.111. The number of hydrogen-bond donors (Lipinski definition) is 1. The molecule has 0 radical (unpaired) electrons. The van der Waals surface area contributed by atoms with Gasteiger partial charge in [0, 0.05) is 12.6 Å². The highest BCUT2D eigenvalue weighted by atomic mass is 79.9. The van der Waals surface area contributed by atoms with Crippen molar-refractivity contribution in [2.45, 2.75) is 6.54 Å². The first-order chi connectivity index (χ1) is 6.72. The van der Waals surface area contributed by atoms with Crippen LogP contribution in [0.3, 0.4) is 0 Å². The average molecular weight is 254 g/mol. The third-order valence-corrected chi connectivity index (χ3v) is 2.52. The number of pyridine rings is 1. The van der Waals surface area contributed by atoms with Crippen molar-refractivity contribution in [2.75, 3.05) is 0 Å². The molecule has 72 valence electrons. The third kappa shape index (κ3) is 1.44. The Labute approximate surface area is 88.5 Å². The molecule has 0 amide bonds. The summed E-state index contributed by atoms with van der Waals surface area (Å²) < 4.78 is 2.18. The van der Waals surface area contributed by atoms with E-state index in [1.807, 2.05) is 6.07 Å². The first-order valence-corrected chi connectivity index (χ1v) is 4.89. The summed E-state index contributed by atoms with van der Waals surface area (Å²) in [5, 5.41) is 0. The van der Waals surface area contributed by atoms with Crippen LogP contribution in [0.15, 0.2) is 33.7 Å². The predicted octanol–water partition coefficient (Wildman–Crippen LogP) is 0.916. The van der Waals surface area contributed by atoms with Gasteiger partial charge in [0.05, 0.1) is 10.3 Å². The Balaban J connectivity index is 2.90. The molecule has 0 aromatic carbocycles. The number of nitrogens with two attached hydrogens (primary N) is 1. The van der Waals surface area contributed by atoms with E-state index in [1.165, 1.54) is 10.5 Å². The number of halogens is 1. The maximum Gasteiger partial charge on any atom is 0.259 e. The highest BCUT2D eigenvalue weighted by molar-refractivity contribution is 9.10. The highest BCUT2D eigenvalue weighted by Crippen LogP contribution is 2.09. The molecule has 2 aromatic heterocycles. The summed E-state index contributed by atoms with van der Waals surface area (Å²) in [6.45, 7) is 0.276. The molecule has 14 heavy (non-hydrogen) atoms. The second kappa shape index (κ2) is 3.51. The molecule has 2 N–H and O–H groups in total. The van der Waals surface area contributed by atoms with Gasteiger partial charge in [0.25, 0.3) is 5.56 Å². The molecule has 4 nitrogen and oxygen atoms in total. The fourth-order valence-electron chi connectivity index (χ4n) is 1.27. The van der Waals surface area contributed by atoms with Crippen molar-refractivity contribution in [3.05, 3.63) is 44.9 Å². The molecule has 0 unspecified atom stereocenters. The van der Waals surface area contributed by atoms with Gasteiger partial charge in [-0.2, -0.15) is 0 Å². The standard InChI is InChI=1S/C9H8BrN3O/c10-7-2-1-3-8-12-6(5-11)4-9(14)13(7)8/h1-4H,5,11H2. The molecule has 0 saturated carbocycles. The van der Waals surface area contributed by atoms with Crippen molar-refractivity contribution in [1.29, 1.82) is 0 Å². The van der Waals surface area contributed by atoms with Gasteiger partial charge in [-0.05, 0) is 28.1 Å². The maximum atomic E-state index is 11.6. The summed E-state index contributed by atoms with van der Waals surface area (Å²) in [5.41, 5.74) is 6.51. The van der Waals surface area contributed by atoms with Gasteiger partial charge in [0.2, 0.25) is 0 Å². The predicted molar refractivity (Wildman–Crippen MR) is 57.1 cm³/mol. The summed E-state index contributed by atoms with van der Waals surface area (Å²) in [7, 11) is 0. The second-order valence-corrected chi connectivity index (χ2v) is 3.64. The number of hydrogen-bond acceptors (Lipinski definition) is 3. The normalized spacial score (nSPS) is 10.7. The summed E-state index contributed by atoms with van der Waals surface area (Å²) in [4.78, 5) is 15.8. The number of fused-ring (bicyclic) bond motifs is 1. The smallest absolute Gasteiger partial charge is 0.259 e. The molecule has 0 saturated heterocycles. The van der Waals surface area contributed by atoms with Crippen molar-refractivity contribution in [2.24, 2.45) is 5.73 Å². The second-order valence-electron chi connectivity index (χ2n) is 2.83. The van der Waals surface area contributed by atoms with Crippen LogP contribution in [0.5, 0.6) is 0 Å². The molecule has 0 atom stereocenters. The zero-order valence-electron chi connectivity index (χ0n) is 7.27. The quantitative estimate of drug-likeness (QED) is 0.769. The van der Waals surface area contributed by atoms with Crippen LogP contribution < -0.4 is 11.3 Å². The number of nitrogens with zero attached hydrogens (tertiary/aromatic N) is 2. The van der Waals surface area contributed by atoms with Gasteiger partial charge in [-0.3, -0.25) is 9.20 Å². The minimum atomic E-state index is -0.122. The lowest BCUT2D eigenvalue weighted by molar-refractivity contribution is 0.933. The van der Waals surface area contributed by atoms with Gasteiger partial charge in [-0.1, -0.05) is 6.07 Å². The third-order valence-electron chi connectivity index (χ3n) is 1.90. The summed E-state index contributed by atoms with van der Waals surface area (Å²) in [6, 6.07) is 6.83. The summed E-state index contributed by atoms with van der Waals surface area (Å²) >= 11 is 3.29. The van der Waals surface area contributed by atoms with Crippen LogP contribution in [0, 0.1) is 0 Å². The van der Waals surface area contributed by atoms with Crippen LogP contribution in [0.4, 0.5) is 0 Å². The zero-order valence-corrected chi connectivity index (χ0v) is 8.86. The average Bonchev–Trinajstić information content (AvgIpc) is 2.17. The van der Waals surface area contributed by atoms with E-state index in [0.29, 0.717) is 15.9 Å². The molecule has 0 aliphatic carbocycles. The Kier molecular flexibility index (Phi) is 2.35. The van der Waals surface area contributed by atoms with E-state index in [1.54, 1.807) is 12.1 Å². The largest absolute Gasteiger partial charge is 0.325 e. The molecular weight excluding hydrogens is 246 g/mol. The van der Waals surface area contributed by atoms with Crippen molar-refractivity contribution in [1.82, 2.24) is 9.38 Å². The van der Waals surface area contributed by atoms with Crippen molar-refractivity contribution >= 4 is 21.6 Å². The highest BCUT2D eigenvalue weighted by Gasteiger charge is 2.02. The molecule has 0 aliphatic heterocycles. The summed E-state index contributed by atoms with van der Waals surface area (Å²) in [6.07, 6.45) is 0. The molecule has 2 aromatic rings. The molecule has 2 rings (SSSR count).